The lowest BCUT2D eigenvalue weighted by molar-refractivity contribution is 0.0218. The number of hydrogen-bond donors (Lipinski definition) is 1. The lowest BCUT2D eigenvalue weighted by Crippen LogP contribution is -2.55. The number of halogens is 2. The summed E-state index contributed by atoms with van der Waals surface area (Å²) < 4.78 is 38.5. The summed E-state index contributed by atoms with van der Waals surface area (Å²) in [6.45, 7) is 13.7. The largest absolute Gasteiger partial charge is 0.507 e. The number of pyridine rings is 2. The normalized spacial score (nSPS) is 15.7. The zero-order valence-electron chi connectivity index (χ0n) is 25.9. The van der Waals surface area contributed by atoms with Crippen molar-refractivity contribution in [2.45, 2.75) is 66.0 Å². The van der Waals surface area contributed by atoms with Crippen LogP contribution in [0.4, 0.5) is 19.4 Å². The van der Waals surface area contributed by atoms with E-state index in [2.05, 4.69) is 15.0 Å². The number of carbonyl (C=O) groups excluding carboxylic acids is 1. The number of fused-ring (bicyclic) bond motifs is 1. The number of phenolic OH excluding ortho intramolecular Hbond substituents is 1. The van der Waals surface area contributed by atoms with Gasteiger partial charge < -0.3 is 19.6 Å². The van der Waals surface area contributed by atoms with Gasteiger partial charge in [0, 0.05) is 38.1 Å². The van der Waals surface area contributed by atoms with Gasteiger partial charge >= 0.3 is 11.8 Å². The van der Waals surface area contributed by atoms with Crippen LogP contribution in [-0.4, -0.2) is 66.9 Å². The highest BCUT2D eigenvalue weighted by Gasteiger charge is 2.33. The molecule has 3 aromatic heterocycles. The van der Waals surface area contributed by atoms with Crippen molar-refractivity contribution in [3.05, 3.63) is 70.0 Å². The number of phenols is 1. The number of anilines is 1. The molecule has 0 spiro atoms. The molecular formula is C32H36F2N6O4. The number of ether oxygens (including phenoxy) is 1. The summed E-state index contributed by atoms with van der Waals surface area (Å²) in [4.78, 5) is 43.4. The molecule has 4 aromatic rings. The van der Waals surface area contributed by atoms with E-state index in [1.807, 2.05) is 25.7 Å². The Morgan fingerprint density at radius 3 is 2.50 bits per heavy atom. The second-order valence-electron chi connectivity index (χ2n) is 12.4. The van der Waals surface area contributed by atoms with Crippen molar-refractivity contribution in [3.8, 4) is 22.7 Å². The Kier molecular flexibility index (Phi) is 8.04. The Bertz CT molecular complexity index is 1800. The first-order valence-electron chi connectivity index (χ1n) is 14.5. The molecule has 1 atom stereocenters. The van der Waals surface area contributed by atoms with Crippen molar-refractivity contribution in [2.24, 2.45) is 0 Å². The quantitative estimate of drug-likeness (QED) is 0.315. The van der Waals surface area contributed by atoms with Crippen LogP contribution in [0.15, 0.2) is 41.5 Å². The Labute approximate surface area is 254 Å². The molecule has 0 aliphatic carbocycles. The van der Waals surface area contributed by atoms with E-state index in [1.165, 1.54) is 18.3 Å². The predicted octanol–water partition coefficient (Wildman–Crippen LogP) is 5.70. The molecule has 1 fully saturated rings. The molecule has 1 N–H and O–H groups in total. The van der Waals surface area contributed by atoms with Gasteiger partial charge in [0.25, 0.3) is 0 Å². The summed E-state index contributed by atoms with van der Waals surface area (Å²) in [5, 5.41) is 10.7. The zero-order valence-corrected chi connectivity index (χ0v) is 25.9. The number of aromatic hydroxyl groups is 1. The van der Waals surface area contributed by atoms with Gasteiger partial charge in [-0.05, 0) is 64.3 Å². The maximum atomic E-state index is 16.8. The highest BCUT2D eigenvalue weighted by Crippen LogP contribution is 2.38. The van der Waals surface area contributed by atoms with Gasteiger partial charge in [0.05, 0.1) is 22.3 Å². The molecule has 232 valence electrons. The number of amides is 1. The number of hydrogen-bond acceptors (Lipinski definition) is 8. The lowest BCUT2D eigenvalue weighted by atomic mass is 10.0. The van der Waals surface area contributed by atoms with Crippen LogP contribution in [0, 0.1) is 18.6 Å². The SMILES string of the molecule is Cc1ccnc(C(C)C)c1-n1c(=O)nc(N2CCN(C(=O)OC(C)(C)C)C[C@@H]2C)c2cnc(-c3c(O)cccc3F)c(F)c21. The van der Waals surface area contributed by atoms with Gasteiger partial charge in [-0.15, -0.1) is 0 Å². The van der Waals surface area contributed by atoms with E-state index < -0.39 is 46.0 Å². The summed E-state index contributed by atoms with van der Waals surface area (Å²) in [6.07, 6.45) is 2.51. The molecule has 12 heteroatoms. The van der Waals surface area contributed by atoms with Gasteiger partial charge in [-0.2, -0.15) is 4.98 Å². The van der Waals surface area contributed by atoms with Crippen molar-refractivity contribution in [2.75, 3.05) is 24.5 Å². The summed E-state index contributed by atoms with van der Waals surface area (Å²) in [7, 11) is 0. The molecule has 44 heavy (non-hydrogen) atoms. The number of nitrogens with zero attached hydrogens (tertiary/aromatic N) is 6. The summed E-state index contributed by atoms with van der Waals surface area (Å²) >= 11 is 0. The zero-order chi connectivity index (χ0) is 32.1. The second kappa shape index (κ2) is 11.5. The van der Waals surface area contributed by atoms with Crippen LogP contribution in [0.5, 0.6) is 5.75 Å². The topological polar surface area (TPSA) is 114 Å². The first kappa shape index (κ1) is 30.8. The molecule has 1 amide bonds. The summed E-state index contributed by atoms with van der Waals surface area (Å²) in [5.74, 6) is -2.31. The van der Waals surface area contributed by atoms with E-state index in [4.69, 9.17) is 4.74 Å². The third-order valence-electron chi connectivity index (χ3n) is 7.56. The molecule has 1 saturated heterocycles. The van der Waals surface area contributed by atoms with E-state index >= 15 is 4.39 Å². The third-order valence-corrected chi connectivity index (χ3v) is 7.56. The first-order valence-corrected chi connectivity index (χ1v) is 14.5. The Morgan fingerprint density at radius 1 is 1.14 bits per heavy atom. The molecular weight excluding hydrogens is 570 g/mol. The molecule has 0 saturated carbocycles. The number of piperazine rings is 1. The fourth-order valence-corrected chi connectivity index (χ4v) is 5.55. The van der Waals surface area contributed by atoms with Gasteiger partial charge in [0.15, 0.2) is 5.82 Å². The Balaban J connectivity index is 1.75. The molecule has 4 heterocycles. The average molecular weight is 607 g/mol. The fourth-order valence-electron chi connectivity index (χ4n) is 5.55. The molecule has 10 nitrogen and oxygen atoms in total. The van der Waals surface area contributed by atoms with Crippen molar-refractivity contribution in [1.29, 1.82) is 0 Å². The standard InChI is InChI=1S/C32H36F2N6O4/c1-17(2)25-27(18(3)11-12-35-25)40-28-20(15-36-26(24(28)34)23-21(33)9-8-10-22(23)41)29(37-30(40)42)39-14-13-38(16-19(39)4)31(43)44-32(5,6)7/h8-12,15,17,19,41H,13-14,16H2,1-7H3/t19-/m0/s1. The van der Waals surface area contributed by atoms with Gasteiger partial charge in [0.2, 0.25) is 0 Å². The van der Waals surface area contributed by atoms with Gasteiger partial charge in [0.1, 0.15) is 34.2 Å². The van der Waals surface area contributed by atoms with Crippen LogP contribution >= 0.6 is 0 Å². The monoisotopic (exact) mass is 606 g/mol. The molecule has 0 bridgehead atoms. The summed E-state index contributed by atoms with van der Waals surface area (Å²) in [5.41, 5.74) is -0.889. The number of carbonyl (C=O) groups is 1. The molecule has 1 aliphatic rings. The number of benzene rings is 1. The minimum Gasteiger partial charge on any atom is -0.507 e. The Hall–Kier alpha value is -4.61. The van der Waals surface area contributed by atoms with E-state index in [0.29, 0.717) is 16.9 Å². The molecule has 5 rings (SSSR count). The van der Waals surface area contributed by atoms with Crippen LogP contribution in [0.1, 0.15) is 58.7 Å². The van der Waals surface area contributed by atoms with Crippen LogP contribution in [-0.2, 0) is 4.74 Å². The fraction of sp³-hybridized carbons (Fsp3) is 0.406. The van der Waals surface area contributed by atoms with Crippen molar-refractivity contribution >= 4 is 22.8 Å². The highest BCUT2D eigenvalue weighted by molar-refractivity contribution is 5.93. The summed E-state index contributed by atoms with van der Waals surface area (Å²) in [6, 6.07) is 5.03. The lowest BCUT2D eigenvalue weighted by Gasteiger charge is -2.41. The van der Waals surface area contributed by atoms with Crippen LogP contribution < -0.4 is 10.6 Å². The van der Waals surface area contributed by atoms with Crippen molar-refractivity contribution < 1.29 is 23.4 Å². The average Bonchev–Trinajstić information content (AvgIpc) is 2.93. The van der Waals surface area contributed by atoms with E-state index in [-0.39, 0.29) is 48.3 Å². The van der Waals surface area contributed by atoms with Crippen LogP contribution in [0.3, 0.4) is 0 Å². The smallest absolute Gasteiger partial charge is 0.410 e. The van der Waals surface area contributed by atoms with E-state index in [9.17, 15) is 19.1 Å². The number of rotatable bonds is 4. The highest BCUT2D eigenvalue weighted by atomic mass is 19.1. The van der Waals surface area contributed by atoms with Gasteiger partial charge in [-0.25, -0.2) is 18.4 Å². The molecule has 1 aliphatic heterocycles. The molecule has 0 unspecified atom stereocenters. The molecule has 0 radical (unpaired) electrons. The van der Waals surface area contributed by atoms with E-state index in [0.717, 1.165) is 10.6 Å². The second-order valence-corrected chi connectivity index (χ2v) is 12.4. The van der Waals surface area contributed by atoms with Crippen LogP contribution in [0.25, 0.3) is 27.8 Å². The van der Waals surface area contributed by atoms with Crippen molar-refractivity contribution in [1.82, 2.24) is 24.4 Å². The minimum atomic E-state index is -0.998. The maximum absolute atomic E-state index is 16.8. The third kappa shape index (κ3) is 5.56. The number of aromatic nitrogens is 4. The predicted molar refractivity (Wildman–Crippen MR) is 163 cm³/mol. The number of aryl methyl sites for hydroxylation is 1. The van der Waals surface area contributed by atoms with Crippen molar-refractivity contribution in [3.63, 3.8) is 0 Å². The molecule has 1 aromatic carbocycles. The van der Waals surface area contributed by atoms with Crippen LogP contribution in [0.2, 0.25) is 0 Å². The maximum Gasteiger partial charge on any atom is 0.410 e. The van der Waals surface area contributed by atoms with Gasteiger partial charge in [-0.1, -0.05) is 19.9 Å². The Morgan fingerprint density at radius 2 is 1.86 bits per heavy atom. The first-order chi connectivity index (χ1) is 20.7. The van der Waals surface area contributed by atoms with Gasteiger partial charge in [-0.3, -0.25) is 14.5 Å². The minimum absolute atomic E-state index is 0.132. The van der Waals surface area contributed by atoms with E-state index in [1.54, 1.807) is 44.9 Å².